The van der Waals surface area contributed by atoms with E-state index in [2.05, 4.69) is 37.1 Å². The molecule has 5 rings (SSSR count). The van der Waals surface area contributed by atoms with Crippen molar-refractivity contribution in [2.75, 3.05) is 48.9 Å². The van der Waals surface area contributed by atoms with Crippen molar-refractivity contribution in [2.45, 2.75) is 0 Å². The minimum absolute atomic E-state index is 0.300. The van der Waals surface area contributed by atoms with Crippen LogP contribution in [0.25, 0.3) is 22.2 Å². The van der Waals surface area contributed by atoms with Gasteiger partial charge in [0.25, 0.3) is 0 Å². The molecule has 1 amide bonds. The number of fused-ring (bicyclic) bond motifs is 1. The van der Waals surface area contributed by atoms with E-state index in [0.717, 1.165) is 29.9 Å². The van der Waals surface area contributed by atoms with Crippen LogP contribution in [0.4, 0.5) is 23.0 Å². The molecule has 10 nitrogen and oxygen atoms in total. The lowest BCUT2D eigenvalue weighted by atomic mass is 10.1. The molecule has 10 heteroatoms. The molecular weight excluding hydrogens is 458 g/mol. The molecule has 1 aromatic carbocycles. The fourth-order valence-corrected chi connectivity index (χ4v) is 3.97. The maximum absolute atomic E-state index is 11.7. The van der Waals surface area contributed by atoms with E-state index in [4.69, 9.17) is 14.5 Å². The highest BCUT2D eigenvalue weighted by Crippen LogP contribution is 2.33. The van der Waals surface area contributed by atoms with Crippen LogP contribution in [0.15, 0.2) is 67.8 Å². The maximum atomic E-state index is 11.7. The molecule has 0 spiro atoms. The van der Waals surface area contributed by atoms with Crippen LogP contribution >= 0.6 is 0 Å². The second-order valence-corrected chi connectivity index (χ2v) is 8.05. The summed E-state index contributed by atoms with van der Waals surface area (Å²) in [4.78, 5) is 32.0. The number of ether oxygens (including phenoxy) is 2. The van der Waals surface area contributed by atoms with Crippen LogP contribution in [0.3, 0.4) is 0 Å². The van der Waals surface area contributed by atoms with Gasteiger partial charge < -0.3 is 25.0 Å². The molecule has 0 radical (unpaired) electrons. The van der Waals surface area contributed by atoms with E-state index in [1.165, 1.54) is 6.08 Å². The van der Waals surface area contributed by atoms with Gasteiger partial charge in [-0.05, 0) is 30.3 Å². The number of hydrogen-bond acceptors (Lipinski definition) is 9. The summed E-state index contributed by atoms with van der Waals surface area (Å²) in [5, 5.41) is 6.78. The fraction of sp³-hybridized carbons (Fsp3) is 0.192. The molecule has 2 N–H and O–H groups in total. The van der Waals surface area contributed by atoms with Crippen molar-refractivity contribution in [2.24, 2.45) is 0 Å². The summed E-state index contributed by atoms with van der Waals surface area (Å²) in [6, 6.07) is 9.47. The molecule has 0 atom stereocenters. The molecular formula is C26H25N7O3. The molecule has 1 saturated heterocycles. The number of rotatable bonds is 7. The van der Waals surface area contributed by atoms with Gasteiger partial charge in [0.1, 0.15) is 5.75 Å². The van der Waals surface area contributed by atoms with Crippen molar-refractivity contribution in [1.29, 1.82) is 0 Å². The van der Waals surface area contributed by atoms with E-state index in [9.17, 15) is 4.79 Å². The Balaban J connectivity index is 1.46. The van der Waals surface area contributed by atoms with Crippen molar-refractivity contribution in [3.8, 4) is 17.0 Å². The third-order valence-corrected chi connectivity index (χ3v) is 5.79. The van der Waals surface area contributed by atoms with Crippen molar-refractivity contribution in [3.63, 3.8) is 0 Å². The van der Waals surface area contributed by atoms with Crippen LogP contribution in [-0.2, 0) is 9.53 Å². The van der Waals surface area contributed by atoms with Crippen LogP contribution < -0.4 is 20.3 Å². The van der Waals surface area contributed by atoms with E-state index in [1.54, 1.807) is 44.0 Å². The van der Waals surface area contributed by atoms with Gasteiger partial charge in [-0.2, -0.15) is 0 Å². The number of amides is 1. The molecule has 182 valence electrons. The van der Waals surface area contributed by atoms with Crippen LogP contribution in [0.1, 0.15) is 0 Å². The van der Waals surface area contributed by atoms with Gasteiger partial charge in [0.15, 0.2) is 0 Å². The van der Waals surface area contributed by atoms with Crippen molar-refractivity contribution < 1.29 is 14.3 Å². The minimum atomic E-state index is -0.300. The number of methoxy groups -OCH3 is 1. The number of hydrogen-bond donors (Lipinski definition) is 2. The summed E-state index contributed by atoms with van der Waals surface area (Å²) in [5.74, 6) is 0.791. The number of aromatic nitrogens is 4. The molecule has 0 bridgehead atoms. The number of carbonyl (C=O) groups excluding carboxylic acids is 1. The lowest BCUT2D eigenvalue weighted by Crippen LogP contribution is -2.36. The quantitative estimate of drug-likeness (QED) is 0.379. The zero-order valence-electron chi connectivity index (χ0n) is 19.8. The molecule has 1 aliphatic rings. The Labute approximate surface area is 208 Å². The molecule has 1 aliphatic heterocycles. The molecule has 36 heavy (non-hydrogen) atoms. The Bertz CT molecular complexity index is 1420. The van der Waals surface area contributed by atoms with Crippen LogP contribution in [0.2, 0.25) is 0 Å². The highest BCUT2D eigenvalue weighted by molar-refractivity contribution is 5.99. The number of nitrogens with one attached hydrogen (secondary N) is 2. The van der Waals surface area contributed by atoms with E-state index in [-0.39, 0.29) is 5.91 Å². The monoisotopic (exact) mass is 483 g/mol. The number of pyridine rings is 2. The number of benzene rings is 1. The maximum Gasteiger partial charge on any atom is 0.247 e. The lowest BCUT2D eigenvalue weighted by Gasteiger charge is -2.29. The highest BCUT2D eigenvalue weighted by Gasteiger charge is 2.15. The van der Waals surface area contributed by atoms with Crippen molar-refractivity contribution in [3.05, 3.63) is 67.8 Å². The Morgan fingerprint density at radius 2 is 2.00 bits per heavy atom. The van der Waals surface area contributed by atoms with Gasteiger partial charge in [-0.1, -0.05) is 6.58 Å². The Morgan fingerprint density at radius 3 is 2.81 bits per heavy atom. The third-order valence-electron chi connectivity index (χ3n) is 5.79. The summed E-state index contributed by atoms with van der Waals surface area (Å²) in [7, 11) is 1.64. The van der Waals surface area contributed by atoms with Crippen LogP contribution in [-0.4, -0.2) is 59.3 Å². The molecule has 0 unspecified atom stereocenters. The predicted molar refractivity (Wildman–Crippen MR) is 139 cm³/mol. The smallest absolute Gasteiger partial charge is 0.247 e. The second kappa shape index (κ2) is 10.4. The first-order valence-corrected chi connectivity index (χ1v) is 11.4. The normalized spacial score (nSPS) is 13.3. The van der Waals surface area contributed by atoms with Gasteiger partial charge in [-0.15, -0.1) is 0 Å². The average molecular weight is 484 g/mol. The molecule has 0 saturated carbocycles. The van der Waals surface area contributed by atoms with E-state index in [1.807, 2.05) is 18.2 Å². The summed E-state index contributed by atoms with van der Waals surface area (Å²) in [6.07, 6.45) is 7.93. The summed E-state index contributed by atoms with van der Waals surface area (Å²) in [6.45, 7) is 6.59. The number of nitrogens with zero attached hydrogens (tertiary/aromatic N) is 5. The van der Waals surface area contributed by atoms with Crippen molar-refractivity contribution in [1.82, 2.24) is 19.9 Å². The van der Waals surface area contributed by atoms with E-state index >= 15 is 0 Å². The zero-order valence-corrected chi connectivity index (χ0v) is 19.8. The Kier molecular flexibility index (Phi) is 6.67. The highest BCUT2D eigenvalue weighted by atomic mass is 16.5. The summed E-state index contributed by atoms with van der Waals surface area (Å²) < 4.78 is 11.1. The largest absolute Gasteiger partial charge is 0.494 e. The standard InChI is InChI=1S/C26H25N7O3/c1-3-24(34)30-18-6-7-28-22(12-18)20-16-27-14-17-15-29-26(32-25(17)20)31-21-5-4-19(13-23(21)35-2)33-8-10-36-11-9-33/h3-7,12-16H,1,8-11H2,2H3,(H,28,30,34)(H,29,31,32). The van der Waals surface area contributed by atoms with E-state index < -0.39 is 0 Å². The topological polar surface area (TPSA) is 114 Å². The van der Waals surface area contributed by atoms with E-state index in [0.29, 0.717) is 47.4 Å². The van der Waals surface area contributed by atoms with Gasteiger partial charge in [0.2, 0.25) is 11.9 Å². The van der Waals surface area contributed by atoms with Crippen LogP contribution in [0, 0.1) is 0 Å². The van der Waals surface area contributed by atoms with Crippen LogP contribution in [0.5, 0.6) is 5.75 Å². The van der Waals surface area contributed by atoms with Crippen molar-refractivity contribution >= 4 is 39.8 Å². The predicted octanol–water partition coefficient (Wildman–Crippen LogP) is 3.80. The second-order valence-electron chi connectivity index (χ2n) is 8.05. The number of anilines is 4. The fourth-order valence-electron chi connectivity index (χ4n) is 3.97. The number of carbonyl (C=O) groups is 1. The Hall–Kier alpha value is -4.57. The first-order chi connectivity index (χ1) is 17.6. The molecule has 3 aromatic heterocycles. The molecule has 1 fully saturated rings. The summed E-state index contributed by atoms with van der Waals surface area (Å²) >= 11 is 0. The lowest BCUT2D eigenvalue weighted by molar-refractivity contribution is -0.111. The van der Waals surface area contributed by atoms with Gasteiger partial charge in [0, 0.05) is 66.3 Å². The molecule has 0 aliphatic carbocycles. The SMILES string of the molecule is C=CC(=O)Nc1ccnc(-c2cncc3cnc(Nc4ccc(N5CCOCC5)cc4OC)nc23)c1. The first kappa shape index (κ1) is 23.2. The minimum Gasteiger partial charge on any atom is -0.494 e. The molecule has 4 heterocycles. The average Bonchev–Trinajstić information content (AvgIpc) is 2.93. The van der Waals surface area contributed by atoms with Gasteiger partial charge >= 0.3 is 0 Å². The van der Waals surface area contributed by atoms with Gasteiger partial charge in [0.05, 0.1) is 37.2 Å². The molecule has 4 aromatic rings. The zero-order chi connectivity index (χ0) is 24.9. The first-order valence-electron chi connectivity index (χ1n) is 11.4. The number of morpholine rings is 1. The third kappa shape index (κ3) is 4.93. The summed E-state index contributed by atoms with van der Waals surface area (Å²) in [5.41, 5.74) is 4.42. The Morgan fingerprint density at radius 1 is 1.14 bits per heavy atom. The van der Waals surface area contributed by atoms with Gasteiger partial charge in [-0.25, -0.2) is 9.97 Å². The van der Waals surface area contributed by atoms with Gasteiger partial charge in [-0.3, -0.25) is 14.8 Å².